The number of hydrogen-bond acceptors (Lipinski definition) is 6. The molecule has 0 unspecified atom stereocenters. The Bertz CT molecular complexity index is 341. The summed E-state index contributed by atoms with van der Waals surface area (Å²) in [5.74, 6) is 0.760. The molecule has 6 heteroatoms. The predicted octanol–water partition coefficient (Wildman–Crippen LogP) is 0.619. The molecule has 0 aromatic carbocycles. The third kappa shape index (κ3) is 3.01. The summed E-state index contributed by atoms with van der Waals surface area (Å²) in [5.41, 5.74) is 0. The van der Waals surface area contributed by atoms with Crippen LogP contribution in [-0.4, -0.2) is 35.2 Å². The van der Waals surface area contributed by atoms with E-state index in [0.29, 0.717) is 31.5 Å². The second-order valence-electron chi connectivity index (χ2n) is 4.33. The first-order valence-electron chi connectivity index (χ1n) is 5.36. The maximum atomic E-state index is 5.52. The maximum Gasteiger partial charge on any atom is 0.240 e. The third-order valence-electron chi connectivity index (χ3n) is 2.38. The van der Waals surface area contributed by atoms with Crippen LogP contribution >= 0.6 is 0 Å². The quantitative estimate of drug-likeness (QED) is 0.816. The second-order valence-corrected chi connectivity index (χ2v) is 4.33. The minimum Gasteiger partial charge on any atom is -0.349 e. The molecule has 0 bridgehead atoms. The van der Waals surface area contributed by atoms with Crippen LogP contribution in [0, 0.1) is 6.92 Å². The summed E-state index contributed by atoms with van der Waals surface area (Å²) in [6.45, 7) is 7.40. The molecule has 1 saturated heterocycles. The van der Waals surface area contributed by atoms with Crippen LogP contribution in [0.4, 0.5) is 0 Å². The van der Waals surface area contributed by atoms with Gasteiger partial charge in [-0.15, -0.1) is 0 Å². The first-order chi connectivity index (χ1) is 7.55. The predicted molar refractivity (Wildman–Crippen MR) is 55.6 cm³/mol. The van der Waals surface area contributed by atoms with Crippen molar-refractivity contribution >= 4 is 0 Å². The molecule has 1 aromatic heterocycles. The Morgan fingerprint density at radius 2 is 2.06 bits per heavy atom. The second kappa shape index (κ2) is 4.48. The summed E-state index contributed by atoms with van der Waals surface area (Å²) in [4.78, 5) is 4.10. The average Bonchev–Trinajstić information content (AvgIpc) is 2.63. The van der Waals surface area contributed by atoms with Crippen LogP contribution in [0.3, 0.4) is 0 Å². The molecule has 1 aliphatic rings. The molecule has 2 heterocycles. The highest BCUT2D eigenvalue weighted by atomic mass is 16.7. The zero-order valence-corrected chi connectivity index (χ0v) is 9.82. The van der Waals surface area contributed by atoms with Gasteiger partial charge >= 0.3 is 0 Å². The van der Waals surface area contributed by atoms with E-state index in [1.165, 1.54) is 0 Å². The fraction of sp³-hybridized carbons (Fsp3) is 0.800. The van der Waals surface area contributed by atoms with E-state index in [4.69, 9.17) is 14.0 Å². The molecule has 0 amide bonds. The van der Waals surface area contributed by atoms with Crippen molar-refractivity contribution < 1.29 is 14.0 Å². The Hall–Kier alpha value is -0.980. The number of ether oxygens (including phenoxy) is 2. The van der Waals surface area contributed by atoms with Crippen LogP contribution in [0.5, 0.6) is 0 Å². The van der Waals surface area contributed by atoms with Gasteiger partial charge in [-0.25, -0.2) is 0 Å². The van der Waals surface area contributed by atoms with E-state index in [9.17, 15) is 0 Å². The molecular weight excluding hydrogens is 210 g/mol. The molecule has 1 aliphatic heterocycles. The van der Waals surface area contributed by atoms with Crippen LogP contribution in [0.15, 0.2) is 4.52 Å². The molecule has 0 spiro atoms. The van der Waals surface area contributed by atoms with E-state index in [1.54, 1.807) is 6.92 Å². The average molecular weight is 227 g/mol. The Labute approximate surface area is 94.3 Å². The van der Waals surface area contributed by atoms with Gasteiger partial charge in [-0.1, -0.05) is 5.16 Å². The van der Waals surface area contributed by atoms with Crippen LogP contribution in [0.2, 0.25) is 0 Å². The lowest BCUT2D eigenvalue weighted by Crippen LogP contribution is -2.48. The fourth-order valence-corrected chi connectivity index (χ4v) is 1.45. The van der Waals surface area contributed by atoms with Crippen molar-refractivity contribution in [2.24, 2.45) is 0 Å². The number of hydrogen-bond donors (Lipinski definition) is 1. The molecule has 0 radical (unpaired) electrons. The van der Waals surface area contributed by atoms with Crippen molar-refractivity contribution in [2.75, 3.05) is 13.2 Å². The van der Waals surface area contributed by atoms with E-state index in [2.05, 4.69) is 15.5 Å². The van der Waals surface area contributed by atoms with E-state index >= 15 is 0 Å². The molecule has 0 atom stereocenters. The molecule has 0 saturated carbocycles. The Morgan fingerprint density at radius 3 is 2.62 bits per heavy atom. The highest BCUT2D eigenvalue weighted by Gasteiger charge is 2.28. The Balaban J connectivity index is 1.75. The topological polar surface area (TPSA) is 69.4 Å². The van der Waals surface area contributed by atoms with Gasteiger partial charge in [0.15, 0.2) is 11.6 Å². The van der Waals surface area contributed by atoms with Gasteiger partial charge in [-0.05, 0) is 20.8 Å². The van der Waals surface area contributed by atoms with Gasteiger partial charge in [0, 0.05) is 0 Å². The Morgan fingerprint density at radius 1 is 1.38 bits per heavy atom. The summed E-state index contributed by atoms with van der Waals surface area (Å²) < 4.78 is 16.0. The fourth-order valence-electron chi connectivity index (χ4n) is 1.45. The molecule has 0 aliphatic carbocycles. The summed E-state index contributed by atoms with van der Waals surface area (Å²) in [7, 11) is 0. The van der Waals surface area contributed by atoms with Crippen LogP contribution in [-0.2, 0) is 16.0 Å². The largest absolute Gasteiger partial charge is 0.349 e. The number of nitrogens with one attached hydrogen (secondary N) is 1. The SMILES string of the molecule is Cc1noc(CNC2COC(C)(C)OC2)n1. The van der Waals surface area contributed by atoms with Gasteiger partial charge in [0.05, 0.1) is 25.8 Å². The van der Waals surface area contributed by atoms with Gasteiger partial charge in [0.25, 0.3) is 0 Å². The monoisotopic (exact) mass is 227 g/mol. The molecule has 90 valence electrons. The summed E-state index contributed by atoms with van der Waals surface area (Å²) in [6, 6.07) is 0.167. The highest BCUT2D eigenvalue weighted by Crippen LogP contribution is 2.16. The molecule has 1 fully saturated rings. The highest BCUT2D eigenvalue weighted by molar-refractivity contribution is 4.83. The first-order valence-corrected chi connectivity index (χ1v) is 5.36. The van der Waals surface area contributed by atoms with Gasteiger partial charge < -0.3 is 19.3 Å². The molecule has 1 N–H and O–H groups in total. The molecular formula is C10H17N3O3. The van der Waals surface area contributed by atoms with Crippen molar-refractivity contribution in [1.82, 2.24) is 15.5 Å². The number of aromatic nitrogens is 2. The third-order valence-corrected chi connectivity index (χ3v) is 2.38. The Kier molecular flexibility index (Phi) is 3.22. The van der Waals surface area contributed by atoms with Gasteiger partial charge in [0.1, 0.15) is 0 Å². The van der Waals surface area contributed by atoms with Crippen molar-refractivity contribution in [3.63, 3.8) is 0 Å². The zero-order valence-electron chi connectivity index (χ0n) is 9.82. The number of nitrogens with zero attached hydrogens (tertiary/aromatic N) is 2. The van der Waals surface area contributed by atoms with Gasteiger partial charge in [-0.2, -0.15) is 4.98 Å². The smallest absolute Gasteiger partial charge is 0.240 e. The van der Waals surface area contributed by atoms with Crippen LogP contribution in [0.1, 0.15) is 25.6 Å². The number of aryl methyl sites for hydroxylation is 1. The summed E-state index contributed by atoms with van der Waals surface area (Å²) in [5, 5.41) is 6.96. The van der Waals surface area contributed by atoms with Crippen molar-refractivity contribution in [3.8, 4) is 0 Å². The minimum absolute atomic E-state index is 0.167. The van der Waals surface area contributed by atoms with Gasteiger partial charge in [-0.3, -0.25) is 0 Å². The van der Waals surface area contributed by atoms with Crippen molar-refractivity contribution in [3.05, 3.63) is 11.7 Å². The zero-order chi connectivity index (χ0) is 11.6. The van der Waals surface area contributed by atoms with E-state index in [-0.39, 0.29) is 6.04 Å². The normalized spacial score (nSPS) is 21.2. The molecule has 6 nitrogen and oxygen atoms in total. The maximum absolute atomic E-state index is 5.52. The van der Waals surface area contributed by atoms with E-state index in [0.717, 1.165) is 0 Å². The van der Waals surface area contributed by atoms with Crippen molar-refractivity contribution in [2.45, 2.75) is 39.1 Å². The molecule has 2 rings (SSSR count). The van der Waals surface area contributed by atoms with E-state index in [1.807, 2.05) is 13.8 Å². The first kappa shape index (κ1) is 11.5. The standard InChI is InChI=1S/C10H17N3O3/c1-7-12-9(16-13-7)4-11-8-5-14-10(2,3)15-6-8/h8,11H,4-6H2,1-3H3. The van der Waals surface area contributed by atoms with Crippen LogP contribution in [0.25, 0.3) is 0 Å². The van der Waals surface area contributed by atoms with E-state index < -0.39 is 5.79 Å². The lowest BCUT2D eigenvalue weighted by Gasteiger charge is -2.35. The van der Waals surface area contributed by atoms with Gasteiger partial charge in [0.2, 0.25) is 5.89 Å². The molecule has 1 aromatic rings. The molecule has 16 heavy (non-hydrogen) atoms. The van der Waals surface area contributed by atoms with Crippen molar-refractivity contribution in [1.29, 1.82) is 0 Å². The summed E-state index contributed by atoms with van der Waals surface area (Å²) >= 11 is 0. The number of rotatable bonds is 3. The lowest BCUT2D eigenvalue weighted by molar-refractivity contribution is -0.253. The minimum atomic E-state index is -0.473. The summed E-state index contributed by atoms with van der Waals surface area (Å²) in [6.07, 6.45) is 0. The van der Waals surface area contributed by atoms with Crippen LogP contribution < -0.4 is 5.32 Å². The lowest BCUT2D eigenvalue weighted by atomic mass is 10.2.